The van der Waals surface area contributed by atoms with Crippen LogP contribution in [0, 0.1) is 10.1 Å². The Kier molecular flexibility index (Phi) is 7.81. The zero-order chi connectivity index (χ0) is 17.4. The molecule has 0 aliphatic rings. The molecular weight excluding hydrogens is 322 g/mol. The van der Waals surface area contributed by atoms with Crippen molar-refractivity contribution in [2.45, 2.75) is 52.1 Å². The molecule has 0 aliphatic carbocycles. The molecule has 1 unspecified atom stereocenters. The topological polar surface area (TPSA) is 78.7 Å². The molecule has 0 aliphatic heterocycles. The third-order valence-electron chi connectivity index (χ3n) is 3.44. The fraction of sp³-hybridized carbons (Fsp3) is 0.562. The number of esters is 1. The number of methoxy groups -OCH3 is 1. The average molecular weight is 344 g/mol. The first kappa shape index (κ1) is 19.2. The molecule has 0 spiro atoms. The highest BCUT2D eigenvalue weighted by Gasteiger charge is 2.23. The third-order valence-corrected chi connectivity index (χ3v) is 3.76. The Morgan fingerprint density at radius 2 is 2.04 bits per heavy atom. The molecule has 0 saturated heterocycles. The van der Waals surface area contributed by atoms with Crippen LogP contribution in [0.5, 0.6) is 5.75 Å². The Morgan fingerprint density at radius 1 is 1.35 bits per heavy atom. The molecule has 1 atom stereocenters. The molecule has 128 valence electrons. The number of halogens is 1. The van der Waals surface area contributed by atoms with Crippen molar-refractivity contribution in [1.29, 1.82) is 0 Å². The number of carbonyl (C=O) groups excluding carboxylic acids is 1. The lowest BCUT2D eigenvalue weighted by atomic mass is 10.1. The van der Waals surface area contributed by atoms with E-state index in [0.29, 0.717) is 0 Å². The first-order valence-corrected chi connectivity index (χ1v) is 8.01. The Labute approximate surface area is 140 Å². The van der Waals surface area contributed by atoms with Gasteiger partial charge in [0.25, 0.3) is 0 Å². The molecule has 0 radical (unpaired) electrons. The Bertz CT molecular complexity index is 562. The standard InChI is InChI=1S/C16H22ClNO5/c1-4-5-6-7-8-11(2)23-15-10-13(17)12(16(19)22-3)9-14(15)18(20)21/h9-11H,4-8H2,1-3H3. The number of unbranched alkanes of at least 4 members (excludes halogenated alkanes) is 3. The fourth-order valence-corrected chi connectivity index (χ4v) is 2.41. The highest BCUT2D eigenvalue weighted by atomic mass is 35.5. The number of nitro benzene ring substituents is 1. The van der Waals surface area contributed by atoms with Gasteiger partial charge >= 0.3 is 11.7 Å². The van der Waals surface area contributed by atoms with Gasteiger partial charge in [-0.1, -0.05) is 37.8 Å². The summed E-state index contributed by atoms with van der Waals surface area (Å²) in [4.78, 5) is 22.2. The van der Waals surface area contributed by atoms with Crippen molar-refractivity contribution in [2.24, 2.45) is 0 Å². The van der Waals surface area contributed by atoms with Gasteiger partial charge in [-0.15, -0.1) is 0 Å². The van der Waals surface area contributed by atoms with Crippen LogP contribution >= 0.6 is 11.6 Å². The summed E-state index contributed by atoms with van der Waals surface area (Å²) in [7, 11) is 1.19. The van der Waals surface area contributed by atoms with Gasteiger partial charge in [-0.2, -0.15) is 0 Å². The SMILES string of the molecule is CCCCCCC(C)Oc1cc(Cl)c(C(=O)OC)cc1[N+](=O)[O-]. The predicted molar refractivity (Wildman–Crippen MR) is 88.3 cm³/mol. The van der Waals surface area contributed by atoms with Gasteiger partial charge in [0.1, 0.15) is 0 Å². The monoisotopic (exact) mass is 343 g/mol. The summed E-state index contributed by atoms with van der Waals surface area (Å²) >= 11 is 6.01. The molecule has 0 aromatic heterocycles. The van der Waals surface area contributed by atoms with Gasteiger partial charge in [0.05, 0.1) is 28.7 Å². The van der Waals surface area contributed by atoms with Crippen LogP contribution in [-0.4, -0.2) is 24.1 Å². The van der Waals surface area contributed by atoms with Gasteiger partial charge < -0.3 is 9.47 Å². The highest BCUT2D eigenvalue weighted by molar-refractivity contribution is 6.33. The number of hydrogen-bond acceptors (Lipinski definition) is 5. The second-order valence-corrected chi connectivity index (χ2v) is 5.73. The second-order valence-electron chi connectivity index (χ2n) is 5.33. The number of nitrogens with zero attached hydrogens (tertiary/aromatic N) is 1. The zero-order valence-electron chi connectivity index (χ0n) is 13.6. The Hall–Kier alpha value is -1.82. The van der Waals surface area contributed by atoms with Crippen LogP contribution in [0.1, 0.15) is 56.3 Å². The minimum absolute atomic E-state index is 0.0520. The molecule has 0 fully saturated rings. The summed E-state index contributed by atoms with van der Waals surface area (Å²) < 4.78 is 10.2. The minimum atomic E-state index is -0.725. The molecule has 1 rings (SSSR count). The molecule has 0 N–H and O–H groups in total. The number of carbonyl (C=O) groups is 1. The largest absolute Gasteiger partial charge is 0.484 e. The maximum Gasteiger partial charge on any atom is 0.339 e. The van der Waals surface area contributed by atoms with Gasteiger partial charge in [0.15, 0.2) is 5.75 Å². The van der Waals surface area contributed by atoms with E-state index in [2.05, 4.69) is 11.7 Å². The summed E-state index contributed by atoms with van der Waals surface area (Å²) in [5, 5.41) is 11.3. The number of rotatable bonds is 9. The number of benzene rings is 1. The van der Waals surface area contributed by atoms with E-state index in [9.17, 15) is 14.9 Å². The van der Waals surface area contributed by atoms with Crippen molar-refractivity contribution in [3.05, 3.63) is 32.8 Å². The lowest BCUT2D eigenvalue weighted by molar-refractivity contribution is -0.386. The highest BCUT2D eigenvalue weighted by Crippen LogP contribution is 2.34. The number of ether oxygens (including phenoxy) is 2. The summed E-state index contributed by atoms with van der Waals surface area (Å²) in [5.74, 6) is -0.659. The summed E-state index contributed by atoms with van der Waals surface area (Å²) in [6, 6.07) is 2.39. The quantitative estimate of drug-likeness (QED) is 0.279. The molecule has 0 amide bonds. The molecule has 0 saturated carbocycles. The van der Waals surface area contributed by atoms with E-state index in [0.717, 1.165) is 38.2 Å². The van der Waals surface area contributed by atoms with Crippen LogP contribution < -0.4 is 4.74 Å². The minimum Gasteiger partial charge on any atom is -0.484 e. The molecule has 0 heterocycles. The predicted octanol–water partition coefficient (Wildman–Crippen LogP) is 4.77. The Morgan fingerprint density at radius 3 is 2.61 bits per heavy atom. The van der Waals surface area contributed by atoms with Crippen molar-refractivity contribution in [1.82, 2.24) is 0 Å². The van der Waals surface area contributed by atoms with Crippen molar-refractivity contribution in [3.63, 3.8) is 0 Å². The van der Waals surface area contributed by atoms with Gasteiger partial charge in [0, 0.05) is 12.1 Å². The molecule has 23 heavy (non-hydrogen) atoms. The van der Waals surface area contributed by atoms with Crippen LogP contribution in [0.15, 0.2) is 12.1 Å². The first-order valence-electron chi connectivity index (χ1n) is 7.63. The van der Waals surface area contributed by atoms with E-state index in [-0.39, 0.29) is 28.1 Å². The maximum atomic E-state index is 11.6. The molecular formula is C16H22ClNO5. The van der Waals surface area contributed by atoms with Crippen molar-refractivity contribution < 1.29 is 19.2 Å². The smallest absolute Gasteiger partial charge is 0.339 e. The van der Waals surface area contributed by atoms with Crippen LogP contribution in [-0.2, 0) is 4.74 Å². The lowest BCUT2D eigenvalue weighted by Crippen LogP contribution is -2.13. The zero-order valence-corrected chi connectivity index (χ0v) is 14.4. The molecule has 1 aromatic rings. The van der Waals surface area contributed by atoms with E-state index >= 15 is 0 Å². The van der Waals surface area contributed by atoms with Crippen LogP contribution in [0.4, 0.5) is 5.69 Å². The maximum absolute atomic E-state index is 11.6. The molecule has 6 nitrogen and oxygen atoms in total. The van der Waals surface area contributed by atoms with Crippen molar-refractivity contribution in [2.75, 3.05) is 7.11 Å². The summed E-state index contributed by atoms with van der Waals surface area (Å²) in [6.45, 7) is 3.99. The van der Waals surface area contributed by atoms with Crippen molar-refractivity contribution in [3.8, 4) is 5.75 Å². The van der Waals surface area contributed by atoms with Gasteiger partial charge in [0.2, 0.25) is 0 Å². The first-order chi connectivity index (χ1) is 10.9. The van der Waals surface area contributed by atoms with Crippen LogP contribution in [0.2, 0.25) is 5.02 Å². The summed E-state index contributed by atoms with van der Waals surface area (Å²) in [6.07, 6.45) is 5.03. The van der Waals surface area contributed by atoms with E-state index < -0.39 is 10.9 Å². The van der Waals surface area contributed by atoms with Crippen LogP contribution in [0.3, 0.4) is 0 Å². The molecule has 7 heteroatoms. The lowest BCUT2D eigenvalue weighted by Gasteiger charge is -2.15. The van der Waals surface area contributed by atoms with E-state index in [4.69, 9.17) is 16.3 Å². The van der Waals surface area contributed by atoms with Gasteiger partial charge in [-0.25, -0.2) is 4.79 Å². The molecule has 1 aromatic carbocycles. The van der Waals surface area contributed by atoms with Gasteiger partial charge in [-0.3, -0.25) is 10.1 Å². The third kappa shape index (κ3) is 5.71. The number of nitro groups is 1. The fourth-order valence-electron chi connectivity index (χ4n) is 2.18. The molecule has 0 bridgehead atoms. The van der Waals surface area contributed by atoms with E-state index in [1.165, 1.54) is 13.2 Å². The Balaban J connectivity index is 2.91. The van der Waals surface area contributed by atoms with Crippen LogP contribution in [0.25, 0.3) is 0 Å². The van der Waals surface area contributed by atoms with E-state index in [1.807, 2.05) is 6.92 Å². The van der Waals surface area contributed by atoms with E-state index in [1.54, 1.807) is 0 Å². The normalized spacial score (nSPS) is 11.8. The van der Waals surface area contributed by atoms with Crippen molar-refractivity contribution >= 4 is 23.3 Å². The van der Waals surface area contributed by atoms with Gasteiger partial charge in [-0.05, 0) is 19.8 Å². The second kappa shape index (κ2) is 9.35. The summed E-state index contributed by atoms with van der Waals surface area (Å²) in [5.41, 5.74) is -0.348. The average Bonchev–Trinajstić information content (AvgIpc) is 2.50. The number of hydrogen-bond donors (Lipinski definition) is 0.